The molecular weight excluding hydrogens is 340 g/mol. The molecule has 2 fully saturated rings. The molecular formula is C21H32N4O2. The number of nitrogens with two attached hydrogens (primary N) is 1. The molecule has 6 nitrogen and oxygen atoms in total. The first-order chi connectivity index (χ1) is 13.2. The summed E-state index contributed by atoms with van der Waals surface area (Å²) in [5.41, 5.74) is 9.74. The fourth-order valence-corrected chi connectivity index (χ4v) is 4.98. The van der Waals surface area contributed by atoms with Crippen LogP contribution in [-0.4, -0.2) is 43.2 Å². The Hall–Kier alpha value is -1.79. The standard InChI is InChI=1S/C21H32N4O2/c1-26-20(27-2)15-6-5-12-24(13-11-15)17-9-10-18-19(14-17)25(21(22)23-18)16-7-3-4-8-16/h9-10,14-16,20H,3-8,11-13H2,1-2H3,(H2,22,23). The van der Waals surface area contributed by atoms with E-state index in [1.807, 2.05) is 0 Å². The van der Waals surface area contributed by atoms with E-state index < -0.39 is 0 Å². The summed E-state index contributed by atoms with van der Waals surface area (Å²) in [5, 5.41) is 0. The number of ether oxygens (including phenoxy) is 2. The second-order valence-corrected chi connectivity index (χ2v) is 7.97. The van der Waals surface area contributed by atoms with Crippen LogP contribution in [0.25, 0.3) is 11.0 Å². The summed E-state index contributed by atoms with van der Waals surface area (Å²) in [6, 6.07) is 7.12. The number of hydrogen-bond acceptors (Lipinski definition) is 5. The lowest BCUT2D eigenvalue weighted by molar-refractivity contribution is -0.139. The minimum absolute atomic E-state index is 0.101. The molecule has 1 aliphatic heterocycles. The Labute approximate surface area is 161 Å². The summed E-state index contributed by atoms with van der Waals surface area (Å²) in [7, 11) is 3.47. The highest BCUT2D eigenvalue weighted by Gasteiger charge is 2.26. The molecule has 1 atom stereocenters. The topological polar surface area (TPSA) is 65.5 Å². The third-order valence-corrected chi connectivity index (χ3v) is 6.38. The van der Waals surface area contributed by atoms with Gasteiger partial charge in [0.1, 0.15) is 0 Å². The van der Waals surface area contributed by atoms with Gasteiger partial charge in [0.15, 0.2) is 6.29 Å². The molecule has 6 heteroatoms. The fourth-order valence-electron chi connectivity index (χ4n) is 4.98. The smallest absolute Gasteiger partial charge is 0.201 e. The number of benzene rings is 1. The molecule has 1 saturated carbocycles. The van der Waals surface area contributed by atoms with Gasteiger partial charge >= 0.3 is 0 Å². The van der Waals surface area contributed by atoms with Crippen molar-refractivity contribution in [2.45, 2.75) is 57.3 Å². The summed E-state index contributed by atoms with van der Waals surface area (Å²) in [6.45, 7) is 2.08. The molecule has 0 spiro atoms. The number of imidazole rings is 1. The average molecular weight is 373 g/mol. The van der Waals surface area contributed by atoms with Crippen LogP contribution >= 0.6 is 0 Å². The van der Waals surface area contributed by atoms with E-state index in [1.165, 1.54) is 36.9 Å². The number of rotatable bonds is 5. The molecule has 1 saturated heterocycles. The lowest BCUT2D eigenvalue weighted by Gasteiger charge is -2.25. The van der Waals surface area contributed by atoms with Gasteiger partial charge in [-0.25, -0.2) is 4.98 Å². The van der Waals surface area contributed by atoms with E-state index in [4.69, 9.17) is 15.2 Å². The van der Waals surface area contributed by atoms with Gasteiger partial charge in [0, 0.05) is 45.0 Å². The molecule has 148 valence electrons. The van der Waals surface area contributed by atoms with E-state index >= 15 is 0 Å². The number of hydrogen-bond donors (Lipinski definition) is 1. The third-order valence-electron chi connectivity index (χ3n) is 6.38. The Balaban J connectivity index is 1.57. The van der Waals surface area contributed by atoms with Gasteiger partial charge in [-0.3, -0.25) is 0 Å². The highest BCUT2D eigenvalue weighted by atomic mass is 16.7. The van der Waals surface area contributed by atoms with Gasteiger partial charge in [0.25, 0.3) is 0 Å². The van der Waals surface area contributed by atoms with Crippen molar-refractivity contribution in [3.63, 3.8) is 0 Å². The summed E-state index contributed by atoms with van der Waals surface area (Å²) < 4.78 is 13.3. The molecule has 2 aliphatic rings. The van der Waals surface area contributed by atoms with E-state index in [0.717, 1.165) is 37.9 Å². The van der Waals surface area contributed by atoms with Gasteiger partial charge in [-0.05, 0) is 50.3 Å². The van der Waals surface area contributed by atoms with Crippen molar-refractivity contribution in [1.29, 1.82) is 0 Å². The summed E-state index contributed by atoms with van der Waals surface area (Å²) in [5.74, 6) is 1.11. The SMILES string of the molecule is COC(OC)C1CCCN(c2ccc3nc(N)n(C4CCCC4)c3c2)CC1. The molecule has 1 aliphatic carbocycles. The van der Waals surface area contributed by atoms with Gasteiger partial charge < -0.3 is 24.7 Å². The van der Waals surface area contributed by atoms with Crippen LogP contribution in [0, 0.1) is 5.92 Å². The van der Waals surface area contributed by atoms with Crippen LogP contribution < -0.4 is 10.6 Å². The van der Waals surface area contributed by atoms with Gasteiger partial charge in [-0.15, -0.1) is 0 Å². The Bertz CT molecular complexity index is 765. The van der Waals surface area contributed by atoms with E-state index in [1.54, 1.807) is 14.2 Å². The molecule has 0 radical (unpaired) electrons. The molecule has 4 rings (SSSR count). The van der Waals surface area contributed by atoms with Crippen LogP contribution in [0.15, 0.2) is 18.2 Å². The molecule has 1 aromatic carbocycles. The van der Waals surface area contributed by atoms with Crippen molar-refractivity contribution >= 4 is 22.7 Å². The lowest BCUT2D eigenvalue weighted by atomic mass is 10.0. The van der Waals surface area contributed by atoms with Gasteiger partial charge in [0.2, 0.25) is 5.95 Å². The maximum absolute atomic E-state index is 6.28. The van der Waals surface area contributed by atoms with Crippen LogP contribution in [0.4, 0.5) is 11.6 Å². The zero-order valence-electron chi connectivity index (χ0n) is 16.6. The van der Waals surface area contributed by atoms with Crippen LogP contribution in [0.1, 0.15) is 51.0 Å². The van der Waals surface area contributed by atoms with Crippen LogP contribution in [-0.2, 0) is 9.47 Å². The molecule has 27 heavy (non-hydrogen) atoms. The van der Waals surface area contributed by atoms with Crippen molar-refractivity contribution in [2.75, 3.05) is 37.9 Å². The van der Waals surface area contributed by atoms with Crippen molar-refractivity contribution in [2.24, 2.45) is 5.92 Å². The largest absolute Gasteiger partial charge is 0.371 e. The van der Waals surface area contributed by atoms with Crippen molar-refractivity contribution in [1.82, 2.24) is 9.55 Å². The van der Waals surface area contributed by atoms with Crippen molar-refractivity contribution in [3.8, 4) is 0 Å². The van der Waals surface area contributed by atoms with Crippen LogP contribution in [0.2, 0.25) is 0 Å². The molecule has 2 aromatic rings. The summed E-state index contributed by atoms with van der Waals surface area (Å²) in [6.07, 6.45) is 8.26. The van der Waals surface area contributed by atoms with Gasteiger partial charge in [-0.2, -0.15) is 0 Å². The summed E-state index contributed by atoms with van der Waals surface area (Å²) >= 11 is 0. The van der Waals surface area contributed by atoms with E-state index in [2.05, 4.69) is 32.7 Å². The number of nitrogens with zero attached hydrogens (tertiary/aromatic N) is 3. The molecule has 2 heterocycles. The lowest BCUT2D eigenvalue weighted by Crippen LogP contribution is -2.27. The van der Waals surface area contributed by atoms with Gasteiger partial charge in [-0.1, -0.05) is 12.8 Å². The average Bonchev–Trinajstić information content (AvgIpc) is 3.23. The molecule has 0 amide bonds. The predicted molar refractivity (Wildman–Crippen MR) is 109 cm³/mol. The van der Waals surface area contributed by atoms with Crippen LogP contribution in [0.5, 0.6) is 0 Å². The number of nitrogen functional groups attached to an aromatic ring is 1. The zero-order valence-corrected chi connectivity index (χ0v) is 16.6. The maximum Gasteiger partial charge on any atom is 0.201 e. The van der Waals surface area contributed by atoms with E-state index in [9.17, 15) is 0 Å². The minimum Gasteiger partial charge on any atom is -0.371 e. The zero-order chi connectivity index (χ0) is 18.8. The van der Waals surface area contributed by atoms with Crippen molar-refractivity contribution < 1.29 is 9.47 Å². The molecule has 0 bridgehead atoms. The highest BCUT2D eigenvalue weighted by molar-refractivity contribution is 5.82. The van der Waals surface area contributed by atoms with Gasteiger partial charge in [0.05, 0.1) is 11.0 Å². The first-order valence-electron chi connectivity index (χ1n) is 10.3. The minimum atomic E-state index is -0.101. The Morgan fingerprint density at radius 3 is 2.56 bits per heavy atom. The van der Waals surface area contributed by atoms with E-state index in [-0.39, 0.29) is 6.29 Å². The van der Waals surface area contributed by atoms with Crippen molar-refractivity contribution in [3.05, 3.63) is 18.2 Å². The second kappa shape index (κ2) is 8.07. The van der Waals surface area contributed by atoms with E-state index in [0.29, 0.717) is 17.9 Å². The maximum atomic E-state index is 6.28. The van der Waals surface area contributed by atoms with Crippen LogP contribution in [0.3, 0.4) is 0 Å². The predicted octanol–water partition coefficient (Wildman–Crippen LogP) is 3.96. The molecule has 1 aromatic heterocycles. The fraction of sp³-hybridized carbons (Fsp3) is 0.667. The quantitative estimate of drug-likeness (QED) is 0.805. The number of aromatic nitrogens is 2. The number of fused-ring (bicyclic) bond motifs is 1. The third kappa shape index (κ3) is 3.65. The first kappa shape index (κ1) is 18.6. The Kier molecular flexibility index (Phi) is 5.55. The number of anilines is 2. The first-order valence-corrected chi connectivity index (χ1v) is 10.3. The molecule has 1 unspecified atom stereocenters. The highest BCUT2D eigenvalue weighted by Crippen LogP contribution is 2.36. The normalized spacial score (nSPS) is 22.0. The molecule has 2 N–H and O–H groups in total. The Morgan fingerprint density at radius 1 is 1.04 bits per heavy atom. The number of methoxy groups -OCH3 is 2. The second-order valence-electron chi connectivity index (χ2n) is 7.97. The monoisotopic (exact) mass is 372 g/mol. The Morgan fingerprint density at radius 2 is 1.81 bits per heavy atom. The summed E-state index contributed by atoms with van der Waals surface area (Å²) in [4.78, 5) is 7.10.